The van der Waals surface area contributed by atoms with Gasteiger partial charge in [-0.2, -0.15) is 4.98 Å². The minimum absolute atomic E-state index is 0.341. The van der Waals surface area contributed by atoms with Gasteiger partial charge in [0.25, 0.3) is 5.91 Å². The van der Waals surface area contributed by atoms with E-state index in [1.165, 1.54) is 11.3 Å². The number of carbonyl (C=O) groups excluding carboxylic acids is 1. The summed E-state index contributed by atoms with van der Waals surface area (Å²) in [5.74, 6) is 1.09. The van der Waals surface area contributed by atoms with Crippen molar-refractivity contribution in [2.24, 2.45) is 0 Å². The van der Waals surface area contributed by atoms with Gasteiger partial charge in [0.15, 0.2) is 15.6 Å². The van der Waals surface area contributed by atoms with Gasteiger partial charge >= 0.3 is 0 Å². The van der Waals surface area contributed by atoms with E-state index in [1.807, 2.05) is 13.0 Å². The second-order valence-corrected chi connectivity index (χ2v) is 10.2. The highest BCUT2D eigenvalue weighted by atomic mass is 35.5. The summed E-state index contributed by atoms with van der Waals surface area (Å²) in [6.45, 7) is 6.81. The molecule has 3 aromatic heterocycles. The molecule has 4 heterocycles. The lowest BCUT2D eigenvalue weighted by molar-refractivity contribution is 0.102. The monoisotopic (exact) mass is 523 g/mol. The average Bonchev–Trinajstić information content (AvgIpc) is 3.27. The van der Waals surface area contributed by atoms with E-state index in [1.54, 1.807) is 37.7 Å². The second-order valence-electron chi connectivity index (χ2n) is 8.82. The van der Waals surface area contributed by atoms with Crippen LogP contribution in [0, 0.1) is 6.92 Å². The van der Waals surface area contributed by atoms with Gasteiger partial charge in [0.05, 0.1) is 18.9 Å². The van der Waals surface area contributed by atoms with E-state index in [-0.39, 0.29) is 5.91 Å². The molecule has 0 spiro atoms. The van der Waals surface area contributed by atoms with Crippen LogP contribution in [-0.2, 0) is 0 Å². The van der Waals surface area contributed by atoms with Crippen molar-refractivity contribution in [1.29, 1.82) is 0 Å². The molecule has 1 aromatic carbocycles. The maximum absolute atomic E-state index is 13.4. The zero-order valence-electron chi connectivity index (χ0n) is 20.4. The molecule has 1 amide bonds. The zero-order chi connectivity index (χ0) is 25.4. The summed E-state index contributed by atoms with van der Waals surface area (Å²) in [6, 6.07) is 7.57. The van der Waals surface area contributed by atoms with Crippen molar-refractivity contribution in [3.05, 3.63) is 52.9 Å². The van der Waals surface area contributed by atoms with Gasteiger partial charge in [-0.25, -0.2) is 9.97 Å². The lowest BCUT2D eigenvalue weighted by Gasteiger charge is -2.38. The molecule has 1 N–H and O–H groups in total. The van der Waals surface area contributed by atoms with E-state index >= 15 is 0 Å². The molecule has 36 heavy (non-hydrogen) atoms. The molecule has 11 heteroatoms. The van der Waals surface area contributed by atoms with E-state index in [4.69, 9.17) is 21.3 Å². The number of aromatic nitrogens is 4. The van der Waals surface area contributed by atoms with Gasteiger partial charge in [0, 0.05) is 53.7 Å². The number of fused-ring (bicyclic) bond motifs is 1. The highest BCUT2D eigenvalue weighted by Crippen LogP contribution is 2.35. The van der Waals surface area contributed by atoms with Crippen molar-refractivity contribution in [2.45, 2.75) is 19.9 Å². The number of ether oxygens (including phenoxy) is 1. The first-order valence-electron chi connectivity index (χ1n) is 11.5. The molecule has 1 atom stereocenters. The zero-order valence-corrected chi connectivity index (χ0v) is 22.0. The molecular formula is C25H26ClN7O2S. The van der Waals surface area contributed by atoms with Gasteiger partial charge in [-0.3, -0.25) is 15.1 Å². The Bertz CT molecular complexity index is 1440. The molecule has 1 aliphatic heterocycles. The Labute approximate surface area is 218 Å². The number of benzene rings is 1. The average molecular weight is 524 g/mol. The van der Waals surface area contributed by atoms with Gasteiger partial charge in [-0.15, -0.1) is 0 Å². The van der Waals surface area contributed by atoms with E-state index in [2.05, 4.69) is 44.0 Å². The normalized spacial score (nSPS) is 16.4. The summed E-state index contributed by atoms with van der Waals surface area (Å²) in [7, 11) is 3.71. The third-order valence-electron chi connectivity index (χ3n) is 6.35. The number of hydrogen-bond acceptors (Lipinski definition) is 9. The number of thiazole rings is 1. The van der Waals surface area contributed by atoms with Crippen LogP contribution in [-0.4, -0.2) is 70.6 Å². The number of carbonyl (C=O) groups is 1. The molecular weight excluding hydrogens is 498 g/mol. The summed E-state index contributed by atoms with van der Waals surface area (Å²) < 4.78 is 5.52. The van der Waals surface area contributed by atoms with Crippen molar-refractivity contribution < 1.29 is 9.53 Å². The van der Waals surface area contributed by atoms with Crippen molar-refractivity contribution in [2.75, 3.05) is 44.0 Å². The van der Waals surface area contributed by atoms with Crippen LogP contribution in [0.25, 0.3) is 21.6 Å². The fourth-order valence-electron chi connectivity index (χ4n) is 4.19. The minimum atomic E-state index is -0.341. The predicted octanol–water partition coefficient (Wildman–Crippen LogP) is 4.51. The van der Waals surface area contributed by atoms with E-state index in [0.29, 0.717) is 49.1 Å². The summed E-state index contributed by atoms with van der Waals surface area (Å²) in [4.78, 5) is 36.7. The van der Waals surface area contributed by atoms with Crippen molar-refractivity contribution >= 4 is 50.3 Å². The molecule has 0 aliphatic carbocycles. The number of likely N-dealkylation sites (N-methyl/N-ethyl adjacent to an activating group) is 1. The Hall–Kier alpha value is -3.34. The molecule has 0 bridgehead atoms. The number of aryl methyl sites for hydroxylation is 1. The Balaban J connectivity index is 1.43. The number of piperazine rings is 1. The fourth-order valence-corrected chi connectivity index (χ4v) is 5.15. The lowest BCUT2D eigenvalue weighted by atomic mass is 9.99. The highest BCUT2D eigenvalue weighted by Gasteiger charge is 2.23. The molecule has 1 unspecified atom stereocenters. The second kappa shape index (κ2) is 9.96. The fraction of sp³-hybridized carbons (Fsp3) is 0.320. The van der Waals surface area contributed by atoms with Gasteiger partial charge in [-0.05, 0) is 45.2 Å². The van der Waals surface area contributed by atoms with E-state index in [9.17, 15) is 4.79 Å². The van der Waals surface area contributed by atoms with Crippen LogP contribution < -0.4 is 15.0 Å². The number of hydrogen-bond donors (Lipinski definition) is 1. The maximum Gasteiger partial charge on any atom is 0.259 e. The third-order valence-corrected chi connectivity index (χ3v) is 7.44. The number of anilines is 2. The smallest absolute Gasteiger partial charge is 0.259 e. The molecule has 1 saturated heterocycles. The molecule has 0 radical (unpaired) electrons. The maximum atomic E-state index is 13.4. The molecule has 9 nitrogen and oxygen atoms in total. The van der Waals surface area contributed by atoms with E-state index < -0.39 is 0 Å². The predicted molar refractivity (Wildman–Crippen MR) is 143 cm³/mol. The largest absolute Gasteiger partial charge is 0.496 e. The first-order chi connectivity index (χ1) is 17.3. The molecule has 5 rings (SSSR count). The number of amides is 1. The van der Waals surface area contributed by atoms with Crippen LogP contribution in [0.15, 0.2) is 36.7 Å². The van der Waals surface area contributed by atoms with Crippen LogP contribution in [0.3, 0.4) is 0 Å². The van der Waals surface area contributed by atoms with Crippen LogP contribution >= 0.6 is 22.9 Å². The van der Waals surface area contributed by atoms with Crippen LogP contribution in [0.1, 0.15) is 23.0 Å². The Morgan fingerprint density at radius 2 is 2.00 bits per heavy atom. The van der Waals surface area contributed by atoms with Gasteiger partial charge < -0.3 is 14.5 Å². The van der Waals surface area contributed by atoms with Crippen LogP contribution in [0.4, 0.5) is 10.9 Å². The molecule has 4 aromatic rings. The Morgan fingerprint density at radius 1 is 1.17 bits per heavy atom. The number of pyridine rings is 1. The topological polar surface area (TPSA) is 96.4 Å². The number of methoxy groups -OCH3 is 1. The SMILES string of the molecule is COc1ccc(Cl)cc1-c1cc(C)ncc1C(=O)Nc1nc2ncc(N3CCN(C)C(C)C3)nc2s1. The molecule has 0 saturated carbocycles. The minimum Gasteiger partial charge on any atom is -0.496 e. The third kappa shape index (κ3) is 4.84. The summed E-state index contributed by atoms with van der Waals surface area (Å²) in [5.41, 5.74) is 3.03. The summed E-state index contributed by atoms with van der Waals surface area (Å²) in [5, 5.41) is 3.86. The van der Waals surface area contributed by atoms with Crippen molar-refractivity contribution in [3.8, 4) is 16.9 Å². The first kappa shape index (κ1) is 24.4. The van der Waals surface area contributed by atoms with Gasteiger partial charge in [-0.1, -0.05) is 22.9 Å². The summed E-state index contributed by atoms with van der Waals surface area (Å²) >= 11 is 7.55. The number of halogens is 1. The standard InChI is InChI=1S/C25H26ClN7O2S/c1-14-9-17(18-10-16(26)5-6-20(18)35-4)19(11-27-14)23(34)31-25-30-22-24(36-25)29-21(12-28-22)33-8-7-32(3)15(2)13-33/h5-6,9-12,15H,7-8,13H2,1-4H3,(H,28,30,31,34). The number of rotatable bonds is 5. The molecule has 1 fully saturated rings. The van der Waals surface area contributed by atoms with Gasteiger partial charge in [0.1, 0.15) is 11.6 Å². The van der Waals surface area contributed by atoms with E-state index in [0.717, 1.165) is 31.1 Å². The quantitative estimate of drug-likeness (QED) is 0.408. The first-order valence-corrected chi connectivity index (χ1v) is 12.7. The number of nitrogens with one attached hydrogen (secondary N) is 1. The summed E-state index contributed by atoms with van der Waals surface area (Å²) in [6.07, 6.45) is 3.30. The van der Waals surface area contributed by atoms with Crippen LogP contribution in [0.5, 0.6) is 5.75 Å². The van der Waals surface area contributed by atoms with Crippen molar-refractivity contribution in [3.63, 3.8) is 0 Å². The van der Waals surface area contributed by atoms with Gasteiger partial charge in [0.2, 0.25) is 0 Å². The Kier molecular flexibility index (Phi) is 6.74. The van der Waals surface area contributed by atoms with Crippen LogP contribution in [0.2, 0.25) is 5.02 Å². The highest BCUT2D eigenvalue weighted by molar-refractivity contribution is 7.21. The number of nitrogens with zero attached hydrogens (tertiary/aromatic N) is 6. The Morgan fingerprint density at radius 3 is 2.78 bits per heavy atom. The van der Waals surface area contributed by atoms with Crippen molar-refractivity contribution in [1.82, 2.24) is 24.8 Å². The molecule has 186 valence electrons. The lowest BCUT2D eigenvalue weighted by Crippen LogP contribution is -2.50. The molecule has 1 aliphatic rings.